The number of carbonyl (C=O) groups is 4. The predicted molar refractivity (Wildman–Crippen MR) is 161 cm³/mol. The molecule has 0 spiro atoms. The van der Waals surface area contributed by atoms with Crippen LogP contribution in [0.15, 0.2) is 0 Å². The van der Waals surface area contributed by atoms with Crippen molar-refractivity contribution in [1.29, 1.82) is 0 Å². The van der Waals surface area contributed by atoms with Gasteiger partial charge in [-0.3, -0.25) is 14.4 Å². The molecule has 1 rings (SSSR count). The van der Waals surface area contributed by atoms with Crippen LogP contribution in [0.2, 0.25) is 6.04 Å². The van der Waals surface area contributed by atoms with Crippen molar-refractivity contribution in [3.8, 4) is 0 Å². The second-order valence-electron chi connectivity index (χ2n) is 8.73. The van der Waals surface area contributed by atoms with Crippen molar-refractivity contribution in [1.82, 2.24) is 5.06 Å². The molecule has 0 aromatic rings. The molecule has 44 heavy (non-hydrogen) atoms. The Hall–Kier alpha value is -1.81. The lowest BCUT2D eigenvalue weighted by molar-refractivity contribution is -0.197. The van der Waals surface area contributed by atoms with Gasteiger partial charge in [0.05, 0.1) is 32.7 Å². The van der Waals surface area contributed by atoms with Gasteiger partial charge in [0.15, 0.2) is 0 Å². The third-order valence-electron chi connectivity index (χ3n) is 5.37. The normalized spacial score (nSPS) is 13.3. The molecule has 17 heteroatoms. The van der Waals surface area contributed by atoms with Crippen LogP contribution < -0.4 is 0 Å². The summed E-state index contributed by atoms with van der Waals surface area (Å²) >= 11 is 0. The van der Waals surface area contributed by atoms with Gasteiger partial charge >= 0.3 is 30.3 Å². The number of carbonyl (C=O) groups excluding carboxylic acids is 4. The van der Waals surface area contributed by atoms with Crippen molar-refractivity contribution in [3.63, 3.8) is 0 Å². The quantitative estimate of drug-likeness (QED) is 0.0569. The van der Waals surface area contributed by atoms with Crippen molar-refractivity contribution in [2.45, 2.75) is 79.7 Å². The first-order chi connectivity index (χ1) is 21.2. The van der Waals surface area contributed by atoms with Gasteiger partial charge in [0.25, 0.3) is 11.8 Å². The Morgan fingerprint density at radius 1 is 0.659 bits per heavy atom. The van der Waals surface area contributed by atoms with Crippen LogP contribution in [0.25, 0.3) is 0 Å². The molecule has 0 aromatic heterocycles. The summed E-state index contributed by atoms with van der Waals surface area (Å²) in [7, 11) is -4.38. The summed E-state index contributed by atoms with van der Waals surface area (Å²) in [5, 5.41) is 0.443. The Kier molecular flexibility index (Phi) is 26.4. The molecular weight excluding hydrogens is 618 g/mol. The lowest BCUT2D eigenvalue weighted by atomic mass is 10.3. The van der Waals surface area contributed by atoms with Gasteiger partial charge in [-0.05, 0) is 48.0 Å². The number of hydrogen-bond acceptors (Lipinski definition) is 14. The Balaban J connectivity index is 0.00000158. The third-order valence-corrected chi connectivity index (χ3v) is 10.3. The molecule has 1 heterocycles. The molecule has 0 atom stereocenters. The third kappa shape index (κ3) is 20.3. The lowest BCUT2D eigenvalue weighted by Crippen LogP contribution is -2.46. The van der Waals surface area contributed by atoms with Crippen LogP contribution in [0.3, 0.4) is 0 Å². The number of hydroxylamine groups is 2. The van der Waals surface area contributed by atoms with E-state index in [0.29, 0.717) is 70.6 Å². The maximum absolute atomic E-state index is 11.7. The van der Waals surface area contributed by atoms with Crippen LogP contribution in [0.1, 0.15) is 73.6 Å². The van der Waals surface area contributed by atoms with Crippen molar-refractivity contribution in [2.24, 2.45) is 0 Å². The molecule has 1 saturated heterocycles. The van der Waals surface area contributed by atoms with Crippen LogP contribution in [-0.4, -0.2) is 120 Å². The van der Waals surface area contributed by atoms with E-state index in [1.807, 2.05) is 41.5 Å². The Morgan fingerprint density at radius 3 is 1.59 bits per heavy atom. The highest BCUT2D eigenvalue weighted by molar-refractivity contribution is 6.60. The highest BCUT2D eigenvalue weighted by atomic mass is 28.4. The molecule has 0 bridgehead atoms. The maximum Gasteiger partial charge on any atom is 0.501 e. The zero-order chi connectivity index (χ0) is 33.1. The van der Waals surface area contributed by atoms with Gasteiger partial charge in [-0.15, -0.1) is 5.06 Å². The average Bonchev–Trinajstić information content (AvgIpc) is 3.30. The molecule has 0 aliphatic carbocycles. The summed E-state index contributed by atoms with van der Waals surface area (Å²) in [6.07, 6.45) is 0.236. The first kappa shape index (κ1) is 42.2. The summed E-state index contributed by atoms with van der Waals surface area (Å²) < 4.78 is 48.9. The SMILES string of the molecule is CCO[SiH](OCC)OCC.CCO[Si](CCCOCCOCCOC(=O)CCC(=O)ON1C(=O)CCC1=O)(OCC)OCC. The van der Waals surface area contributed by atoms with E-state index in [1.165, 1.54) is 0 Å². The number of rotatable bonds is 26. The van der Waals surface area contributed by atoms with Gasteiger partial charge in [-0.25, -0.2) is 4.79 Å². The van der Waals surface area contributed by atoms with Gasteiger partial charge in [-0.2, -0.15) is 0 Å². The number of ether oxygens (including phenoxy) is 3. The molecule has 1 aliphatic rings. The fraction of sp³-hybridized carbons (Fsp3) is 0.852. The summed E-state index contributed by atoms with van der Waals surface area (Å²) in [5.41, 5.74) is 0. The van der Waals surface area contributed by atoms with Crippen LogP contribution in [0.5, 0.6) is 0 Å². The summed E-state index contributed by atoms with van der Waals surface area (Å²) in [6.45, 7) is 16.7. The van der Waals surface area contributed by atoms with E-state index in [1.54, 1.807) is 0 Å². The van der Waals surface area contributed by atoms with Gasteiger partial charge in [-0.1, -0.05) is 0 Å². The summed E-state index contributed by atoms with van der Waals surface area (Å²) in [6, 6.07) is 0.678. The molecule has 0 radical (unpaired) electrons. The topological polar surface area (TPSA) is 164 Å². The molecule has 0 saturated carbocycles. The molecule has 0 N–H and O–H groups in total. The lowest BCUT2D eigenvalue weighted by Gasteiger charge is -2.28. The van der Waals surface area contributed by atoms with Crippen LogP contribution >= 0.6 is 0 Å². The van der Waals surface area contributed by atoms with E-state index in [4.69, 9.17) is 40.8 Å². The minimum absolute atomic E-state index is 0.0111. The molecule has 0 aromatic carbocycles. The Bertz CT molecular complexity index is 744. The molecule has 0 unspecified atom stereocenters. The molecule has 2 amide bonds. The predicted octanol–water partition coefficient (Wildman–Crippen LogP) is 2.20. The van der Waals surface area contributed by atoms with E-state index in [-0.39, 0.29) is 38.9 Å². The molecule has 15 nitrogen and oxygen atoms in total. The fourth-order valence-electron chi connectivity index (χ4n) is 3.56. The van der Waals surface area contributed by atoms with Gasteiger partial charge in [0.2, 0.25) is 0 Å². The van der Waals surface area contributed by atoms with E-state index < -0.39 is 42.1 Å². The standard InChI is InChI=1S/C21H37NO11Si.C6H16O3Si/c1-4-30-34(31-5-2,32-6-3)17-7-12-27-13-14-28-15-16-29-20(25)10-11-21(26)33-22-18(23)8-9-19(22)24;1-4-7-10(8-5-2)9-6-3/h4-17H2,1-3H3;10H,4-6H2,1-3H3. The molecule has 1 aliphatic heterocycles. The molecule has 1 fully saturated rings. The number of imide groups is 1. The highest BCUT2D eigenvalue weighted by Gasteiger charge is 2.39. The first-order valence-corrected chi connectivity index (χ1v) is 18.7. The number of nitrogens with zero attached hydrogens (tertiary/aromatic N) is 1. The summed E-state index contributed by atoms with van der Waals surface area (Å²) in [4.78, 5) is 50.7. The second kappa shape index (κ2) is 27.5. The van der Waals surface area contributed by atoms with Crippen molar-refractivity contribution in [3.05, 3.63) is 0 Å². The molecule has 258 valence electrons. The zero-order valence-electron chi connectivity index (χ0n) is 27.3. The Labute approximate surface area is 264 Å². The van der Waals surface area contributed by atoms with Crippen molar-refractivity contribution in [2.75, 3.05) is 72.7 Å². The summed E-state index contributed by atoms with van der Waals surface area (Å²) in [5.74, 6) is -2.60. The van der Waals surface area contributed by atoms with E-state index >= 15 is 0 Å². The number of hydrogen-bond donors (Lipinski definition) is 0. The largest absolute Gasteiger partial charge is 0.501 e. The van der Waals surface area contributed by atoms with Gasteiger partial charge in [0, 0.05) is 65.1 Å². The van der Waals surface area contributed by atoms with Crippen LogP contribution in [0.4, 0.5) is 0 Å². The number of esters is 1. The molecular formula is C27H53NO14Si2. The van der Waals surface area contributed by atoms with Crippen molar-refractivity contribution < 1.29 is 64.8 Å². The fourth-order valence-corrected chi connectivity index (χ4v) is 7.25. The zero-order valence-corrected chi connectivity index (χ0v) is 29.4. The van der Waals surface area contributed by atoms with E-state index in [2.05, 4.69) is 4.84 Å². The second-order valence-corrected chi connectivity index (χ2v) is 13.0. The van der Waals surface area contributed by atoms with Crippen LogP contribution in [-0.2, 0) is 64.8 Å². The minimum Gasteiger partial charge on any atom is -0.463 e. The van der Waals surface area contributed by atoms with Crippen molar-refractivity contribution >= 4 is 42.1 Å². The van der Waals surface area contributed by atoms with E-state index in [0.717, 1.165) is 6.42 Å². The van der Waals surface area contributed by atoms with Crippen LogP contribution in [0, 0.1) is 0 Å². The first-order valence-electron chi connectivity index (χ1n) is 15.4. The van der Waals surface area contributed by atoms with E-state index in [9.17, 15) is 19.2 Å². The van der Waals surface area contributed by atoms with Gasteiger partial charge in [0.1, 0.15) is 6.61 Å². The Morgan fingerprint density at radius 2 is 1.11 bits per heavy atom. The smallest absolute Gasteiger partial charge is 0.463 e. The highest BCUT2D eigenvalue weighted by Crippen LogP contribution is 2.18. The van der Waals surface area contributed by atoms with Gasteiger partial charge < -0.3 is 45.6 Å². The minimum atomic E-state index is -2.64. The monoisotopic (exact) mass is 671 g/mol. The average molecular weight is 672 g/mol. The maximum atomic E-state index is 11.7. The number of amides is 2.